The topological polar surface area (TPSA) is 66.9 Å². The standard InChI is InChI=1S/C17H32N2O4S/c1-24(21,22)14-8-13-18-10-7-4-9-16(18)15-23-17(20)19-11-5-2-3-6-12-19/h16H,2-15H2,1H3. The lowest BCUT2D eigenvalue weighted by Gasteiger charge is -2.35. The fourth-order valence-corrected chi connectivity index (χ4v) is 4.24. The van der Waals surface area contributed by atoms with Gasteiger partial charge in [0.05, 0.1) is 5.75 Å². The first-order valence-corrected chi connectivity index (χ1v) is 11.4. The zero-order valence-electron chi connectivity index (χ0n) is 14.9. The molecule has 1 amide bonds. The van der Waals surface area contributed by atoms with Crippen LogP contribution in [0, 0.1) is 0 Å². The lowest BCUT2D eigenvalue weighted by molar-refractivity contribution is 0.0503. The van der Waals surface area contributed by atoms with Crippen LogP contribution in [0.4, 0.5) is 4.79 Å². The predicted molar refractivity (Wildman–Crippen MR) is 94.9 cm³/mol. The van der Waals surface area contributed by atoms with Gasteiger partial charge in [-0.3, -0.25) is 4.90 Å². The van der Waals surface area contributed by atoms with Crippen LogP contribution in [0.15, 0.2) is 0 Å². The maximum atomic E-state index is 12.3. The Balaban J connectivity index is 1.76. The fraction of sp³-hybridized carbons (Fsp3) is 0.941. The highest BCUT2D eigenvalue weighted by molar-refractivity contribution is 7.90. The Morgan fingerprint density at radius 3 is 2.38 bits per heavy atom. The first kappa shape index (κ1) is 19.5. The van der Waals surface area contributed by atoms with E-state index in [4.69, 9.17) is 4.74 Å². The molecule has 24 heavy (non-hydrogen) atoms. The third kappa shape index (κ3) is 6.97. The van der Waals surface area contributed by atoms with Gasteiger partial charge < -0.3 is 9.64 Å². The van der Waals surface area contributed by atoms with E-state index in [1.54, 1.807) is 0 Å². The zero-order valence-corrected chi connectivity index (χ0v) is 15.7. The predicted octanol–water partition coefficient (Wildman–Crippen LogP) is 2.29. The molecule has 0 N–H and O–H groups in total. The second-order valence-corrected chi connectivity index (χ2v) is 9.41. The number of piperidine rings is 1. The summed E-state index contributed by atoms with van der Waals surface area (Å²) in [5, 5.41) is 0. The molecule has 2 aliphatic heterocycles. The fourth-order valence-electron chi connectivity index (χ4n) is 3.58. The maximum absolute atomic E-state index is 12.3. The van der Waals surface area contributed by atoms with Crippen molar-refractivity contribution in [3.05, 3.63) is 0 Å². The molecule has 0 bridgehead atoms. The molecule has 0 aromatic rings. The number of hydrogen-bond donors (Lipinski definition) is 0. The molecule has 0 aromatic heterocycles. The third-order valence-corrected chi connectivity index (χ3v) is 6.00. The number of likely N-dealkylation sites (tertiary alicyclic amines) is 2. The van der Waals surface area contributed by atoms with Crippen molar-refractivity contribution in [1.29, 1.82) is 0 Å². The van der Waals surface area contributed by atoms with E-state index in [2.05, 4.69) is 4.90 Å². The highest BCUT2D eigenvalue weighted by atomic mass is 32.2. The Bertz CT molecular complexity index is 487. The Labute approximate surface area is 146 Å². The van der Waals surface area contributed by atoms with Gasteiger partial charge in [0, 0.05) is 25.4 Å². The summed E-state index contributed by atoms with van der Waals surface area (Å²) >= 11 is 0. The normalized spacial score (nSPS) is 23.7. The molecular formula is C17H32N2O4S. The molecule has 0 aromatic carbocycles. The average Bonchev–Trinajstić information content (AvgIpc) is 2.82. The molecule has 2 heterocycles. The van der Waals surface area contributed by atoms with Crippen molar-refractivity contribution in [3.8, 4) is 0 Å². The summed E-state index contributed by atoms with van der Waals surface area (Å²) < 4.78 is 28.1. The van der Waals surface area contributed by atoms with Gasteiger partial charge in [-0.05, 0) is 45.2 Å². The first-order valence-electron chi connectivity index (χ1n) is 9.29. The molecule has 0 radical (unpaired) electrons. The Morgan fingerprint density at radius 1 is 1.04 bits per heavy atom. The van der Waals surface area contributed by atoms with Crippen molar-refractivity contribution >= 4 is 15.9 Å². The van der Waals surface area contributed by atoms with E-state index in [1.807, 2.05) is 4.90 Å². The van der Waals surface area contributed by atoms with E-state index in [-0.39, 0.29) is 17.9 Å². The quantitative estimate of drug-likeness (QED) is 0.727. The summed E-state index contributed by atoms with van der Waals surface area (Å²) in [6.07, 6.45) is 9.57. The van der Waals surface area contributed by atoms with Crippen molar-refractivity contribution in [2.45, 2.75) is 57.4 Å². The van der Waals surface area contributed by atoms with E-state index in [0.29, 0.717) is 13.0 Å². The van der Waals surface area contributed by atoms with Gasteiger partial charge in [-0.15, -0.1) is 0 Å². The van der Waals surface area contributed by atoms with Gasteiger partial charge in [-0.1, -0.05) is 19.3 Å². The first-order chi connectivity index (χ1) is 11.5. The van der Waals surface area contributed by atoms with Crippen LogP contribution in [-0.2, 0) is 14.6 Å². The minimum atomic E-state index is -2.90. The molecule has 6 nitrogen and oxygen atoms in total. The second kappa shape index (κ2) is 9.61. The molecule has 0 aliphatic carbocycles. The number of rotatable bonds is 6. The molecular weight excluding hydrogens is 328 g/mol. The summed E-state index contributed by atoms with van der Waals surface area (Å²) in [6.45, 7) is 3.77. The van der Waals surface area contributed by atoms with E-state index in [1.165, 1.54) is 19.1 Å². The number of amides is 1. The van der Waals surface area contributed by atoms with Crippen LogP contribution in [0.5, 0.6) is 0 Å². The van der Waals surface area contributed by atoms with Crippen LogP contribution in [0.1, 0.15) is 51.4 Å². The average molecular weight is 361 g/mol. The van der Waals surface area contributed by atoms with E-state index in [0.717, 1.165) is 58.3 Å². The van der Waals surface area contributed by atoms with Crippen molar-refractivity contribution in [2.24, 2.45) is 0 Å². The lowest BCUT2D eigenvalue weighted by atomic mass is 10.0. The van der Waals surface area contributed by atoms with Crippen LogP contribution in [0.3, 0.4) is 0 Å². The minimum Gasteiger partial charge on any atom is -0.448 e. The van der Waals surface area contributed by atoms with Crippen LogP contribution >= 0.6 is 0 Å². The zero-order chi connectivity index (χ0) is 17.4. The third-order valence-electron chi connectivity index (χ3n) is 4.97. The second-order valence-electron chi connectivity index (χ2n) is 7.15. The van der Waals surface area contributed by atoms with Crippen LogP contribution in [0.2, 0.25) is 0 Å². The number of hydrogen-bond acceptors (Lipinski definition) is 5. The molecule has 1 unspecified atom stereocenters. The smallest absolute Gasteiger partial charge is 0.409 e. The van der Waals surface area contributed by atoms with Crippen LogP contribution in [-0.4, -0.2) is 75.1 Å². The van der Waals surface area contributed by atoms with Gasteiger partial charge in [-0.25, -0.2) is 13.2 Å². The Hall–Kier alpha value is -0.820. The van der Waals surface area contributed by atoms with Gasteiger partial charge in [0.15, 0.2) is 0 Å². The molecule has 140 valence electrons. The van der Waals surface area contributed by atoms with Gasteiger partial charge in [0.1, 0.15) is 16.4 Å². The molecule has 0 saturated carbocycles. The maximum Gasteiger partial charge on any atom is 0.409 e. The van der Waals surface area contributed by atoms with Crippen molar-refractivity contribution in [2.75, 3.05) is 44.8 Å². The van der Waals surface area contributed by atoms with E-state index in [9.17, 15) is 13.2 Å². The largest absolute Gasteiger partial charge is 0.448 e. The molecule has 2 rings (SSSR count). The number of nitrogens with zero attached hydrogens (tertiary/aromatic N) is 2. The van der Waals surface area contributed by atoms with Gasteiger partial charge in [0.2, 0.25) is 0 Å². The van der Waals surface area contributed by atoms with Gasteiger partial charge in [0.25, 0.3) is 0 Å². The SMILES string of the molecule is CS(=O)(=O)CCCN1CCCCC1COC(=O)N1CCCCCC1. The number of ether oxygens (including phenoxy) is 1. The molecule has 2 aliphatic rings. The van der Waals surface area contributed by atoms with Crippen LogP contribution in [0.25, 0.3) is 0 Å². The summed E-state index contributed by atoms with van der Waals surface area (Å²) in [7, 11) is -2.90. The van der Waals surface area contributed by atoms with Gasteiger partial charge >= 0.3 is 6.09 Å². The number of sulfone groups is 1. The number of carbonyl (C=O) groups is 1. The molecule has 2 fully saturated rings. The molecule has 2 saturated heterocycles. The van der Waals surface area contributed by atoms with E-state index >= 15 is 0 Å². The highest BCUT2D eigenvalue weighted by Gasteiger charge is 2.25. The summed E-state index contributed by atoms with van der Waals surface area (Å²) in [5.74, 6) is 0.226. The summed E-state index contributed by atoms with van der Waals surface area (Å²) in [4.78, 5) is 16.4. The van der Waals surface area contributed by atoms with Crippen LogP contribution < -0.4 is 0 Å². The molecule has 1 atom stereocenters. The van der Waals surface area contributed by atoms with Crippen molar-refractivity contribution in [3.63, 3.8) is 0 Å². The highest BCUT2D eigenvalue weighted by Crippen LogP contribution is 2.18. The summed E-state index contributed by atoms with van der Waals surface area (Å²) in [6, 6.07) is 0.231. The van der Waals surface area contributed by atoms with Crippen molar-refractivity contribution in [1.82, 2.24) is 9.80 Å². The molecule has 7 heteroatoms. The summed E-state index contributed by atoms with van der Waals surface area (Å²) in [5.41, 5.74) is 0. The lowest BCUT2D eigenvalue weighted by Crippen LogP contribution is -2.44. The Kier molecular flexibility index (Phi) is 7.81. The number of carbonyl (C=O) groups excluding carboxylic acids is 1. The van der Waals surface area contributed by atoms with Crippen molar-refractivity contribution < 1.29 is 17.9 Å². The monoisotopic (exact) mass is 360 g/mol. The molecule has 0 spiro atoms. The van der Waals surface area contributed by atoms with Gasteiger partial charge in [-0.2, -0.15) is 0 Å². The van der Waals surface area contributed by atoms with E-state index < -0.39 is 9.84 Å². The minimum absolute atomic E-state index is 0.182. The Morgan fingerprint density at radius 2 is 1.71 bits per heavy atom.